The number of hydrogen-bond acceptors (Lipinski definition) is 3. The molecule has 5 nitrogen and oxygen atoms in total. The molecule has 0 aliphatic rings. The highest BCUT2D eigenvalue weighted by Crippen LogP contribution is 2.20. The molecule has 7 heteroatoms. The van der Waals surface area contributed by atoms with Crippen molar-refractivity contribution in [3.8, 4) is 0 Å². The molecule has 0 aliphatic heterocycles. The first-order valence-electron chi connectivity index (χ1n) is 8.94. The third kappa shape index (κ3) is 4.61. The van der Waals surface area contributed by atoms with Crippen LogP contribution in [0.1, 0.15) is 36.0 Å². The minimum atomic E-state index is -2.67. The van der Waals surface area contributed by atoms with Gasteiger partial charge in [0.15, 0.2) is 5.82 Å². The molecule has 1 heterocycles. The van der Waals surface area contributed by atoms with E-state index in [1.807, 2.05) is 18.2 Å². The molecule has 2 aromatic carbocycles. The molecule has 0 atom stereocenters. The number of benzene rings is 2. The predicted molar refractivity (Wildman–Crippen MR) is 102 cm³/mol. The first-order valence-corrected chi connectivity index (χ1v) is 8.94. The van der Waals surface area contributed by atoms with Gasteiger partial charge in [-0.15, -0.1) is 0 Å². The van der Waals surface area contributed by atoms with Gasteiger partial charge in [-0.1, -0.05) is 18.2 Å². The summed E-state index contributed by atoms with van der Waals surface area (Å²) >= 11 is 0. The molecule has 1 aromatic heterocycles. The van der Waals surface area contributed by atoms with Gasteiger partial charge in [-0.3, -0.25) is 4.79 Å². The molecule has 3 rings (SSSR count). The number of amides is 1. The molecular formula is C20H22F2N4O. The number of hydrogen-bond donors (Lipinski definition) is 2. The van der Waals surface area contributed by atoms with Crippen molar-refractivity contribution in [2.45, 2.75) is 19.8 Å². The molecule has 2 N–H and O–H groups in total. The number of aromatic amines is 1. The maximum absolute atomic E-state index is 12.7. The Hall–Kier alpha value is -2.96. The van der Waals surface area contributed by atoms with Crippen LogP contribution in [0, 0.1) is 0 Å². The van der Waals surface area contributed by atoms with Crippen molar-refractivity contribution in [3.05, 3.63) is 59.9 Å². The van der Waals surface area contributed by atoms with Crippen LogP contribution in [0.5, 0.6) is 0 Å². The highest BCUT2D eigenvalue weighted by molar-refractivity contribution is 5.97. The minimum absolute atomic E-state index is 0.229. The minimum Gasteiger partial charge on any atom is -0.372 e. The third-order valence-corrected chi connectivity index (χ3v) is 4.36. The predicted octanol–water partition coefficient (Wildman–Crippen LogP) is 4.15. The van der Waals surface area contributed by atoms with Crippen molar-refractivity contribution in [2.24, 2.45) is 0 Å². The maximum Gasteiger partial charge on any atom is 0.295 e. The number of carbonyl (C=O) groups is 1. The molecule has 1 amide bonds. The molecule has 0 radical (unpaired) electrons. The van der Waals surface area contributed by atoms with Gasteiger partial charge in [-0.05, 0) is 43.7 Å². The molecule has 27 heavy (non-hydrogen) atoms. The lowest BCUT2D eigenvalue weighted by molar-refractivity contribution is 0.0953. The molecule has 0 saturated carbocycles. The fraction of sp³-hybridized carbons (Fsp3) is 0.300. The number of para-hydroxylation sites is 1. The van der Waals surface area contributed by atoms with Crippen LogP contribution in [0.2, 0.25) is 0 Å². The molecular weight excluding hydrogens is 350 g/mol. The number of aromatic nitrogens is 2. The van der Waals surface area contributed by atoms with E-state index >= 15 is 0 Å². The number of carbonyl (C=O) groups excluding carboxylic acids is 1. The molecule has 0 fully saturated rings. The van der Waals surface area contributed by atoms with Crippen LogP contribution >= 0.6 is 0 Å². The second-order valence-corrected chi connectivity index (χ2v) is 6.18. The van der Waals surface area contributed by atoms with Crippen LogP contribution in [-0.2, 0) is 0 Å². The first kappa shape index (κ1) is 18.8. The normalized spacial score (nSPS) is 11.1. The quantitative estimate of drug-likeness (QED) is 0.584. The summed E-state index contributed by atoms with van der Waals surface area (Å²) in [6.07, 6.45) is -1.86. The van der Waals surface area contributed by atoms with Crippen molar-refractivity contribution in [1.82, 2.24) is 15.3 Å². The van der Waals surface area contributed by atoms with Gasteiger partial charge in [-0.25, -0.2) is 13.8 Å². The topological polar surface area (TPSA) is 61.0 Å². The van der Waals surface area contributed by atoms with E-state index in [1.165, 1.54) is 0 Å². The van der Waals surface area contributed by atoms with Gasteiger partial charge >= 0.3 is 0 Å². The summed E-state index contributed by atoms with van der Waals surface area (Å²) < 4.78 is 25.4. The van der Waals surface area contributed by atoms with Gasteiger partial charge in [0.05, 0.1) is 11.0 Å². The van der Waals surface area contributed by atoms with E-state index in [2.05, 4.69) is 39.2 Å². The average molecular weight is 372 g/mol. The first-order chi connectivity index (χ1) is 13.1. The van der Waals surface area contributed by atoms with Gasteiger partial charge in [-0.2, -0.15) is 0 Å². The zero-order valence-corrected chi connectivity index (χ0v) is 15.1. The summed E-state index contributed by atoms with van der Waals surface area (Å²) in [5, 5.41) is 2.88. The number of halogens is 2. The van der Waals surface area contributed by atoms with E-state index in [-0.39, 0.29) is 11.7 Å². The Morgan fingerprint density at radius 1 is 1.22 bits per heavy atom. The van der Waals surface area contributed by atoms with Gasteiger partial charge in [0.2, 0.25) is 0 Å². The van der Waals surface area contributed by atoms with Crippen LogP contribution in [0.25, 0.3) is 11.0 Å². The number of rotatable bonds is 8. The van der Waals surface area contributed by atoms with E-state index < -0.39 is 6.43 Å². The van der Waals surface area contributed by atoms with E-state index in [0.29, 0.717) is 23.1 Å². The van der Waals surface area contributed by atoms with Crippen molar-refractivity contribution in [1.29, 1.82) is 0 Å². The van der Waals surface area contributed by atoms with Gasteiger partial charge in [0, 0.05) is 30.9 Å². The Morgan fingerprint density at radius 3 is 2.70 bits per heavy atom. The van der Waals surface area contributed by atoms with E-state index in [9.17, 15) is 13.6 Å². The second kappa shape index (κ2) is 8.62. The molecule has 0 unspecified atom stereocenters. The van der Waals surface area contributed by atoms with Gasteiger partial charge < -0.3 is 15.2 Å². The molecule has 0 spiro atoms. The lowest BCUT2D eigenvalue weighted by Crippen LogP contribution is -2.29. The number of nitrogens with one attached hydrogen (secondary N) is 2. The largest absolute Gasteiger partial charge is 0.372 e. The SMILES string of the molecule is CCN(CCCNC(=O)c1ccc2nc(C(F)F)[nH]c2c1)c1ccccc1. The van der Waals surface area contributed by atoms with E-state index in [4.69, 9.17) is 0 Å². The lowest BCUT2D eigenvalue weighted by atomic mass is 10.2. The average Bonchev–Trinajstić information content (AvgIpc) is 3.12. The van der Waals surface area contributed by atoms with Crippen LogP contribution in [0.15, 0.2) is 48.5 Å². The Kier molecular flexibility index (Phi) is 6.01. The molecule has 0 bridgehead atoms. The van der Waals surface area contributed by atoms with Crippen LogP contribution < -0.4 is 10.2 Å². The number of fused-ring (bicyclic) bond motifs is 1. The highest BCUT2D eigenvalue weighted by atomic mass is 19.3. The smallest absolute Gasteiger partial charge is 0.295 e. The lowest BCUT2D eigenvalue weighted by Gasteiger charge is -2.23. The monoisotopic (exact) mass is 372 g/mol. The summed E-state index contributed by atoms with van der Waals surface area (Å²) in [7, 11) is 0. The standard InChI is InChI=1S/C20H22F2N4O/c1-2-26(15-7-4-3-5-8-15)12-6-11-23-20(27)14-9-10-16-17(13-14)25-19(24-16)18(21)22/h3-5,7-10,13,18H,2,6,11-12H2,1H3,(H,23,27)(H,24,25). The number of imidazole rings is 1. The van der Waals surface area contributed by atoms with E-state index in [0.717, 1.165) is 25.2 Å². The number of alkyl halides is 2. The number of nitrogens with zero attached hydrogens (tertiary/aromatic N) is 2. The van der Waals surface area contributed by atoms with Crippen LogP contribution in [0.4, 0.5) is 14.5 Å². The van der Waals surface area contributed by atoms with Crippen molar-refractivity contribution < 1.29 is 13.6 Å². The molecule has 0 saturated heterocycles. The molecule has 0 aliphatic carbocycles. The fourth-order valence-corrected chi connectivity index (χ4v) is 2.96. The fourth-order valence-electron chi connectivity index (χ4n) is 2.96. The number of anilines is 1. The maximum atomic E-state index is 12.7. The Morgan fingerprint density at radius 2 is 2.00 bits per heavy atom. The van der Waals surface area contributed by atoms with Gasteiger partial charge in [0.25, 0.3) is 12.3 Å². The summed E-state index contributed by atoms with van der Waals surface area (Å²) in [4.78, 5) is 20.9. The van der Waals surface area contributed by atoms with Crippen LogP contribution in [0.3, 0.4) is 0 Å². The van der Waals surface area contributed by atoms with Crippen molar-refractivity contribution in [2.75, 3.05) is 24.5 Å². The summed E-state index contributed by atoms with van der Waals surface area (Å²) in [5.41, 5.74) is 2.43. The Labute approximate surface area is 156 Å². The van der Waals surface area contributed by atoms with Crippen molar-refractivity contribution in [3.63, 3.8) is 0 Å². The van der Waals surface area contributed by atoms with Crippen molar-refractivity contribution >= 4 is 22.6 Å². The van der Waals surface area contributed by atoms with Crippen LogP contribution in [-0.4, -0.2) is 35.5 Å². The highest BCUT2D eigenvalue weighted by Gasteiger charge is 2.14. The summed E-state index contributed by atoms with van der Waals surface area (Å²) in [6.45, 7) is 4.35. The Bertz CT molecular complexity index is 895. The van der Waals surface area contributed by atoms with Gasteiger partial charge in [0.1, 0.15) is 0 Å². The number of H-pyrrole nitrogens is 1. The zero-order valence-electron chi connectivity index (χ0n) is 15.1. The molecule has 142 valence electrons. The summed E-state index contributed by atoms with van der Waals surface area (Å²) in [5.74, 6) is -0.615. The zero-order chi connectivity index (χ0) is 19.2. The second-order valence-electron chi connectivity index (χ2n) is 6.18. The third-order valence-electron chi connectivity index (χ3n) is 4.36. The summed E-state index contributed by atoms with van der Waals surface area (Å²) in [6, 6.07) is 14.8. The van der Waals surface area contributed by atoms with E-state index in [1.54, 1.807) is 18.2 Å². The molecule has 3 aromatic rings. The Balaban J connectivity index is 1.54.